The Kier molecular flexibility index (Phi) is 32.0. The number of benzene rings is 6. The van der Waals surface area contributed by atoms with E-state index in [2.05, 4.69) is 35.1 Å². The van der Waals surface area contributed by atoms with Crippen LogP contribution in [0.4, 0.5) is 39.5 Å². The molecule has 11 heterocycles. The highest BCUT2D eigenvalue weighted by Gasteiger charge is 2.34. The van der Waals surface area contributed by atoms with Crippen LogP contribution in [0.2, 0.25) is 0 Å². The highest BCUT2D eigenvalue weighted by molar-refractivity contribution is 6.27. The number of hydrogen-bond acceptors (Lipinski definition) is 20. The Morgan fingerprint density at radius 3 is 1.18 bits per heavy atom. The molecule has 0 unspecified atom stereocenters. The number of nitrogens with one attached hydrogen (secondary N) is 2. The molecule has 28 nitrogen and oxygen atoms in total. The van der Waals surface area contributed by atoms with Gasteiger partial charge in [0.2, 0.25) is 0 Å². The number of rotatable bonds is 30. The number of carboxylic acids is 1. The minimum atomic E-state index is -0.959. The van der Waals surface area contributed by atoms with Crippen molar-refractivity contribution in [2.45, 2.75) is 136 Å². The first-order chi connectivity index (χ1) is 65.1. The normalized spacial score (nSPS) is 13.1. The molecule has 0 bridgehead atoms. The Labute approximate surface area is 773 Å². The van der Waals surface area contributed by atoms with E-state index >= 15 is 0 Å². The van der Waals surface area contributed by atoms with Gasteiger partial charge in [-0.05, 0) is 151 Å². The Morgan fingerprint density at radius 1 is 0.434 bits per heavy atom. The monoisotopic (exact) mass is 1890 g/mol. The van der Waals surface area contributed by atoms with Crippen LogP contribution >= 0.6 is 11.6 Å². The molecule has 0 radical (unpaired) electrons. The van der Waals surface area contributed by atoms with Gasteiger partial charge in [-0.15, -0.1) is 11.6 Å². The number of aromatic nitrogens is 9. The summed E-state index contributed by atoms with van der Waals surface area (Å²) in [5, 5.41) is 17.4. The average molecular weight is 1890 g/mol. The molecule has 0 saturated carbocycles. The number of alkyl halides is 1. The Bertz CT molecular complexity index is 6690. The topological polar surface area (TPSA) is 421 Å². The first kappa shape index (κ1) is 98.5. The molecule has 0 aliphatic carbocycles. The van der Waals surface area contributed by atoms with E-state index in [1.165, 1.54) is 121 Å². The molecule has 3 atom stereocenters. The number of carbonyl (C=O) groups excluding carboxylic acids is 9. The molecule has 4 aliphatic heterocycles. The van der Waals surface area contributed by atoms with Crippen LogP contribution in [0.3, 0.4) is 0 Å². The lowest BCUT2D eigenvalue weighted by molar-refractivity contribution is -0.121. The SMILES string of the molecule is CC(=O)c1c[nH]c2c1COC2.CC(=O)c1nn(CC(=O)C[C@@H](Cc2cc(F)cc(F)c2)c2ncccc2-c2ccc(F)c(C(N)=O)c2)c2c1COC2.COC(=O)c1c2c(nn1CC(=O)C[C@@H](Cc1cc(F)cc(F)c1)c1ncccc1-c1ccc(F)c(C(N)=O)c1)COC2.NC(=O)c1cc(-c2cccnc2[C@@H](CC(=O)CCl)Cc2cc(F)cc(F)c2)ccc1F.O=C(O)c1c[nH]c2c1COC2. The molecule has 3 amide bonds. The van der Waals surface area contributed by atoms with E-state index in [4.69, 9.17) is 57.6 Å². The van der Waals surface area contributed by atoms with Crippen LogP contribution in [-0.4, -0.2) is 121 Å². The zero-order valence-electron chi connectivity index (χ0n) is 72.7. The molecule has 6 aromatic carbocycles. The van der Waals surface area contributed by atoms with Crippen LogP contribution < -0.4 is 17.2 Å². The van der Waals surface area contributed by atoms with Crippen molar-refractivity contribution in [3.63, 3.8) is 0 Å². The number of halogens is 10. The van der Waals surface area contributed by atoms with E-state index in [1.54, 1.807) is 49.5 Å². The summed E-state index contributed by atoms with van der Waals surface area (Å²) >= 11 is 5.68. The van der Waals surface area contributed by atoms with E-state index < -0.39 is 99.8 Å². The second kappa shape index (κ2) is 44.2. The molecule has 7 aromatic heterocycles. The number of primary amides is 3. The minimum absolute atomic E-state index is 0.0155. The highest BCUT2D eigenvalue weighted by Crippen LogP contribution is 2.39. The Morgan fingerprint density at radius 2 is 0.801 bits per heavy atom. The molecule has 9 N–H and O–H groups in total. The summed E-state index contributed by atoms with van der Waals surface area (Å²) in [4.78, 5) is 140. The molecule has 0 saturated heterocycles. The number of hydrogen-bond donors (Lipinski definition) is 6. The summed E-state index contributed by atoms with van der Waals surface area (Å²) in [5.74, 6) is -14.5. The largest absolute Gasteiger partial charge is 0.478 e. The summed E-state index contributed by atoms with van der Waals surface area (Å²) in [6.07, 6.45) is 7.69. The Hall–Kier alpha value is -15.1. The maximum Gasteiger partial charge on any atom is 0.356 e. The zero-order chi connectivity index (χ0) is 97.5. The van der Waals surface area contributed by atoms with Gasteiger partial charge in [0.25, 0.3) is 17.7 Å². The van der Waals surface area contributed by atoms with Gasteiger partial charge in [0.05, 0.1) is 123 Å². The van der Waals surface area contributed by atoms with Crippen molar-refractivity contribution in [1.29, 1.82) is 0 Å². The number of nitrogens with zero attached hydrogens (tertiary/aromatic N) is 7. The van der Waals surface area contributed by atoms with Gasteiger partial charge < -0.3 is 56.0 Å². The second-order valence-electron chi connectivity index (χ2n) is 31.9. The highest BCUT2D eigenvalue weighted by atomic mass is 35.5. The fourth-order valence-electron chi connectivity index (χ4n) is 16.4. The van der Waals surface area contributed by atoms with Gasteiger partial charge in [0.1, 0.15) is 70.4 Å². The number of nitrogens with two attached hydrogens (primary N) is 3. The van der Waals surface area contributed by atoms with Gasteiger partial charge >= 0.3 is 11.9 Å². The average Bonchev–Trinajstić information content (AvgIpc) is 1.59. The number of ketones is 5. The minimum Gasteiger partial charge on any atom is -0.478 e. The predicted molar refractivity (Wildman–Crippen MR) is 471 cm³/mol. The van der Waals surface area contributed by atoms with E-state index in [1.807, 2.05) is 0 Å². The number of carboxylic acid groups (broad SMARTS) is 1. The van der Waals surface area contributed by atoms with Crippen LogP contribution in [0.25, 0.3) is 33.4 Å². The maximum absolute atomic E-state index is 14.2. The number of pyridine rings is 3. The lowest BCUT2D eigenvalue weighted by Gasteiger charge is -2.20. The lowest BCUT2D eigenvalue weighted by atomic mass is 9.86. The van der Waals surface area contributed by atoms with Gasteiger partial charge in [0.15, 0.2) is 28.8 Å². The predicted octanol–water partition coefficient (Wildman–Crippen LogP) is 15.7. The van der Waals surface area contributed by atoms with Crippen molar-refractivity contribution >= 4 is 70.2 Å². The van der Waals surface area contributed by atoms with Crippen molar-refractivity contribution in [2.75, 3.05) is 13.0 Å². The fourth-order valence-corrected chi connectivity index (χ4v) is 16.5. The summed E-state index contributed by atoms with van der Waals surface area (Å²) in [7, 11) is 1.22. The van der Waals surface area contributed by atoms with Gasteiger partial charge in [-0.3, -0.25) is 58.0 Å². The summed E-state index contributed by atoms with van der Waals surface area (Å²) in [6, 6.07) is 30.9. The molecule has 4 aliphatic rings. The maximum atomic E-state index is 14.2. The number of aromatic amines is 2. The number of esters is 1. The Balaban J connectivity index is 0.000000155. The van der Waals surface area contributed by atoms with Gasteiger partial charge in [-0.25, -0.2) is 53.8 Å². The molecule has 136 heavy (non-hydrogen) atoms. The summed E-state index contributed by atoms with van der Waals surface area (Å²) < 4.78 is 155. The van der Waals surface area contributed by atoms with E-state index in [-0.39, 0.29) is 146 Å². The van der Waals surface area contributed by atoms with Crippen molar-refractivity contribution < 1.29 is 116 Å². The van der Waals surface area contributed by atoms with E-state index in [9.17, 15) is 87.5 Å². The molecular formula is C98H84ClF9N12O16. The van der Waals surface area contributed by atoms with E-state index in [0.717, 1.165) is 64.5 Å². The third-order valence-corrected chi connectivity index (χ3v) is 22.8. The standard InChI is InChI=1S/C30H25F3N4O5.C30H25F3N4O4.C23H18ClF3N2O2.C8H9NO2.C7H7NO3/c1-41-30(40)28-24-14-42-15-26(24)36-37(28)13-21(38)10-18(7-16-8-19(31)12-20(32)9-16)27-22(3-2-6-35-27)17-4-5-25(33)23(11-17)29(34)39;1-16(38)28-25-14-41-15-27(25)37(36-28)13-22(39)10-19(7-17-8-20(31)12-21(32)9-17)29-23(3-2-6-35-29)18-4-5-26(33)24(11-18)30(34)40;24-12-18(30)9-15(6-13-7-16(25)11-17(26)8-13)22-19(2-1-5-29-22)14-3-4-21(27)20(10-14)23(28)31;1-5(10)6-2-9-8-4-11-3-7(6)8;9-7(10)4-1-8-6-3-11-2-5(4)6/h2-6,8-9,11-12,18H,7,10,13-15H2,1H3,(H2,34,39);2-6,8-9,11-12,19H,7,10,13-15H2,1H3,(H2,34,40);1-5,7-8,10-11,15H,6,9,12H2,(H2,28,31);2,9H,3-4H2,1H3;1,8H,2-3H2,(H,9,10)/t18-;19-;15-;;/m111../s1. The number of ether oxygens (including phenoxy) is 5. The van der Waals surface area contributed by atoms with Crippen molar-refractivity contribution in [3.8, 4) is 33.4 Å². The number of methoxy groups -OCH3 is 1. The number of amides is 3. The number of fused-ring (bicyclic) bond motifs is 4. The number of aromatic carboxylic acids is 1. The summed E-state index contributed by atoms with van der Waals surface area (Å²) in [6.45, 7) is 5.43. The van der Waals surface area contributed by atoms with Crippen LogP contribution in [0, 0.1) is 52.4 Å². The van der Waals surface area contributed by atoms with Crippen LogP contribution in [0.1, 0.15) is 202 Å². The molecule has 0 spiro atoms. The molecule has 0 fully saturated rings. The fraction of sp³-hybridized carbons (Fsp3) is 0.235. The number of carbonyl (C=O) groups is 10. The second-order valence-corrected chi connectivity index (χ2v) is 32.2. The lowest BCUT2D eigenvalue weighted by Crippen LogP contribution is -2.21. The molecular weight excluding hydrogens is 1810 g/mol. The smallest absolute Gasteiger partial charge is 0.356 e. The van der Waals surface area contributed by atoms with Crippen molar-refractivity contribution in [2.24, 2.45) is 17.2 Å². The first-order valence-electron chi connectivity index (χ1n) is 41.9. The molecule has 13 aromatic rings. The quantitative estimate of drug-likeness (QED) is 0.0105. The molecule has 38 heteroatoms. The molecule has 702 valence electrons. The van der Waals surface area contributed by atoms with Crippen LogP contribution in [0.15, 0.2) is 177 Å². The van der Waals surface area contributed by atoms with Crippen molar-refractivity contribution in [3.05, 3.63) is 347 Å². The van der Waals surface area contributed by atoms with Crippen LogP contribution in [-0.2, 0) is 123 Å². The third kappa shape index (κ3) is 23.9. The third-order valence-electron chi connectivity index (χ3n) is 22.5. The zero-order valence-corrected chi connectivity index (χ0v) is 73.5. The van der Waals surface area contributed by atoms with Crippen molar-refractivity contribution in [1.82, 2.24) is 44.5 Å². The van der Waals surface area contributed by atoms with Gasteiger partial charge in [-0.1, -0.05) is 36.4 Å². The first-order valence-corrected chi connectivity index (χ1v) is 42.4. The summed E-state index contributed by atoms with van der Waals surface area (Å²) in [5.41, 5.74) is 27.6. The van der Waals surface area contributed by atoms with Gasteiger partial charge in [-0.2, -0.15) is 10.2 Å². The van der Waals surface area contributed by atoms with Gasteiger partial charge in [0, 0.05) is 149 Å². The van der Waals surface area contributed by atoms with Crippen LogP contribution in [0.5, 0.6) is 0 Å². The number of H-pyrrole nitrogens is 2. The number of Topliss-reactive ketones (excluding diaryl/α,β-unsaturated/α-hetero) is 5. The molecule has 17 rings (SSSR count). The van der Waals surface area contributed by atoms with E-state index in [0.29, 0.717) is 116 Å².